The maximum Gasteiger partial charge on any atom is 0.263 e. The third kappa shape index (κ3) is 3.24. The minimum Gasteiger partial charge on any atom is -0.482 e. The number of carbonyl (C=O) groups excluding carboxylic acids is 1. The quantitative estimate of drug-likeness (QED) is 0.824. The Kier molecular flexibility index (Phi) is 4.61. The van der Waals surface area contributed by atoms with Crippen LogP contribution in [0.2, 0.25) is 5.02 Å². The number of halogens is 1. The fourth-order valence-electron chi connectivity index (χ4n) is 2.79. The van der Waals surface area contributed by atoms with Crippen LogP contribution in [-0.4, -0.2) is 30.7 Å². The summed E-state index contributed by atoms with van der Waals surface area (Å²) in [6, 6.07) is 2.76. The van der Waals surface area contributed by atoms with Gasteiger partial charge >= 0.3 is 0 Å². The Balaban J connectivity index is 2.01. The van der Waals surface area contributed by atoms with Gasteiger partial charge in [0.05, 0.1) is 27.8 Å². The van der Waals surface area contributed by atoms with Gasteiger partial charge < -0.3 is 10.1 Å². The predicted molar refractivity (Wildman–Crippen MR) is 98.5 cm³/mol. The molecule has 0 spiro atoms. The molecule has 26 heavy (non-hydrogen) atoms. The van der Waals surface area contributed by atoms with Gasteiger partial charge in [-0.3, -0.25) is 14.2 Å². The number of nitrogens with zero attached hydrogens (tertiary/aromatic N) is 2. The molecule has 0 fully saturated rings. The molecule has 1 aromatic carbocycles. The van der Waals surface area contributed by atoms with E-state index in [4.69, 9.17) is 16.3 Å². The van der Waals surface area contributed by atoms with E-state index < -0.39 is 10.0 Å². The predicted octanol–water partition coefficient (Wildman–Crippen LogP) is 2.87. The summed E-state index contributed by atoms with van der Waals surface area (Å²) in [4.78, 5) is 11.2. The van der Waals surface area contributed by atoms with Gasteiger partial charge in [-0.25, -0.2) is 8.42 Å². The number of anilines is 2. The summed E-state index contributed by atoms with van der Waals surface area (Å²) < 4.78 is 35.4. The normalized spacial score (nSPS) is 14.0. The van der Waals surface area contributed by atoms with Gasteiger partial charge in [0.2, 0.25) is 0 Å². The van der Waals surface area contributed by atoms with E-state index >= 15 is 0 Å². The summed E-state index contributed by atoms with van der Waals surface area (Å²) >= 11 is 6.15. The van der Waals surface area contributed by atoms with E-state index in [-0.39, 0.29) is 34.2 Å². The molecule has 1 aliphatic rings. The van der Waals surface area contributed by atoms with Gasteiger partial charge in [0.1, 0.15) is 10.6 Å². The van der Waals surface area contributed by atoms with Crippen LogP contribution >= 0.6 is 11.6 Å². The highest BCUT2D eigenvalue weighted by Gasteiger charge is 2.26. The first kappa shape index (κ1) is 18.5. The number of nitrogens with one attached hydrogen (secondary N) is 2. The van der Waals surface area contributed by atoms with Crippen molar-refractivity contribution in [3.8, 4) is 5.75 Å². The highest BCUT2D eigenvalue weighted by molar-refractivity contribution is 7.92. The Bertz CT molecular complexity index is 998. The van der Waals surface area contributed by atoms with Crippen LogP contribution < -0.4 is 14.8 Å². The lowest BCUT2D eigenvalue weighted by molar-refractivity contribution is -0.118. The molecule has 1 aliphatic heterocycles. The third-order valence-electron chi connectivity index (χ3n) is 4.01. The number of sulfonamides is 1. The van der Waals surface area contributed by atoms with Crippen LogP contribution in [0.15, 0.2) is 17.0 Å². The summed E-state index contributed by atoms with van der Waals surface area (Å²) in [5, 5.41) is 6.94. The van der Waals surface area contributed by atoms with Crippen molar-refractivity contribution in [3.05, 3.63) is 28.5 Å². The zero-order valence-corrected chi connectivity index (χ0v) is 16.3. The molecule has 0 saturated carbocycles. The smallest absolute Gasteiger partial charge is 0.263 e. The Morgan fingerprint density at radius 1 is 1.35 bits per heavy atom. The average molecular weight is 399 g/mol. The second kappa shape index (κ2) is 6.48. The van der Waals surface area contributed by atoms with Crippen LogP contribution in [0.3, 0.4) is 0 Å². The van der Waals surface area contributed by atoms with E-state index in [0.717, 1.165) is 0 Å². The number of ether oxygens (including phenoxy) is 1. The molecule has 3 rings (SSSR count). The molecule has 2 N–H and O–H groups in total. The number of carbonyl (C=O) groups is 1. The summed E-state index contributed by atoms with van der Waals surface area (Å²) in [5.41, 5.74) is 2.03. The van der Waals surface area contributed by atoms with Gasteiger partial charge in [-0.05, 0) is 33.8 Å². The first-order valence-electron chi connectivity index (χ1n) is 7.95. The van der Waals surface area contributed by atoms with E-state index in [1.54, 1.807) is 18.5 Å². The largest absolute Gasteiger partial charge is 0.482 e. The molecule has 1 amide bonds. The van der Waals surface area contributed by atoms with Gasteiger partial charge in [0.15, 0.2) is 6.61 Å². The summed E-state index contributed by atoms with van der Waals surface area (Å²) in [5.74, 6) is -0.0738. The Labute approximate surface area is 156 Å². The molecular weight excluding hydrogens is 380 g/mol. The number of benzene rings is 1. The van der Waals surface area contributed by atoms with E-state index in [2.05, 4.69) is 15.1 Å². The molecule has 0 bridgehead atoms. The number of rotatable bonds is 4. The lowest BCUT2D eigenvalue weighted by Crippen LogP contribution is -2.26. The van der Waals surface area contributed by atoms with Gasteiger partial charge in [0, 0.05) is 12.1 Å². The Hall–Kier alpha value is -2.26. The maximum atomic E-state index is 12.9. The van der Waals surface area contributed by atoms with Crippen LogP contribution in [0.1, 0.15) is 31.3 Å². The molecule has 8 nitrogen and oxygen atoms in total. The maximum absolute atomic E-state index is 12.9. The molecular formula is C16H19ClN4O4S. The van der Waals surface area contributed by atoms with Crippen LogP contribution in [-0.2, 0) is 14.8 Å². The second-order valence-corrected chi connectivity index (χ2v) is 8.36. The van der Waals surface area contributed by atoms with E-state index in [1.807, 2.05) is 13.8 Å². The number of aryl methyl sites for hydroxylation is 1. The SMILES string of the molecule is Cc1nn(C(C)C)c(C)c1NS(=O)(=O)c1cc2c(cc1Cl)NC(=O)CO2. The van der Waals surface area contributed by atoms with E-state index in [1.165, 1.54) is 12.1 Å². The second-order valence-electron chi connectivity index (χ2n) is 6.31. The molecule has 0 aliphatic carbocycles. The molecule has 0 radical (unpaired) electrons. The minimum atomic E-state index is -3.98. The van der Waals surface area contributed by atoms with Crippen molar-refractivity contribution in [2.45, 2.75) is 38.6 Å². The van der Waals surface area contributed by atoms with Crippen LogP contribution in [0, 0.1) is 13.8 Å². The van der Waals surface area contributed by atoms with Crippen molar-refractivity contribution in [2.75, 3.05) is 16.6 Å². The van der Waals surface area contributed by atoms with Crippen molar-refractivity contribution in [3.63, 3.8) is 0 Å². The van der Waals surface area contributed by atoms with Crippen molar-refractivity contribution in [2.24, 2.45) is 0 Å². The average Bonchev–Trinajstić information content (AvgIpc) is 2.82. The molecule has 10 heteroatoms. The van der Waals surface area contributed by atoms with Gasteiger partial charge in [-0.1, -0.05) is 11.6 Å². The van der Waals surface area contributed by atoms with E-state index in [9.17, 15) is 13.2 Å². The standard InChI is InChI=1S/C16H19ClN4O4S/c1-8(2)21-10(4)16(9(3)19-21)20-26(23,24)14-6-13-12(5-11(14)17)18-15(22)7-25-13/h5-6,8,20H,7H2,1-4H3,(H,18,22). The molecule has 140 valence electrons. The van der Waals surface area contributed by atoms with Crippen molar-refractivity contribution in [1.82, 2.24) is 9.78 Å². The number of aromatic nitrogens is 2. The number of amides is 1. The van der Waals surface area contributed by atoms with Gasteiger partial charge in [-0.15, -0.1) is 0 Å². The fraction of sp³-hybridized carbons (Fsp3) is 0.375. The lowest BCUT2D eigenvalue weighted by Gasteiger charge is -2.19. The summed E-state index contributed by atoms with van der Waals surface area (Å²) in [7, 11) is -3.98. The Morgan fingerprint density at radius 3 is 2.65 bits per heavy atom. The fourth-order valence-corrected chi connectivity index (χ4v) is 4.51. The van der Waals surface area contributed by atoms with Crippen molar-refractivity contribution < 1.29 is 17.9 Å². The zero-order chi connectivity index (χ0) is 19.2. The molecule has 1 aromatic heterocycles. The topological polar surface area (TPSA) is 102 Å². The van der Waals surface area contributed by atoms with E-state index in [0.29, 0.717) is 22.8 Å². The Morgan fingerprint density at radius 2 is 2.04 bits per heavy atom. The summed E-state index contributed by atoms with van der Waals surface area (Å²) in [6.45, 7) is 7.27. The zero-order valence-electron chi connectivity index (χ0n) is 14.8. The highest BCUT2D eigenvalue weighted by atomic mass is 35.5. The highest BCUT2D eigenvalue weighted by Crippen LogP contribution is 2.36. The van der Waals surface area contributed by atoms with Gasteiger partial charge in [0.25, 0.3) is 15.9 Å². The van der Waals surface area contributed by atoms with Crippen LogP contribution in [0.5, 0.6) is 5.75 Å². The molecule has 2 aromatic rings. The number of hydrogen-bond donors (Lipinski definition) is 2. The molecule has 0 atom stereocenters. The van der Waals surface area contributed by atoms with Crippen LogP contribution in [0.4, 0.5) is 11.4 Å². The third-order valence-corrected chi connectivity index (χ3v) is 5.82. The lowest BCUT2D eigenvalue weighted by atomic mass is 10.2. The van der Waals surface area contributed by atoms with Crippen LogP contribution in [0.25, 0.3) is 0 Å². The van der Waals surface area contributed by atoms with Crippen molar-refractivity contribution in [1.29, 1.82) is 0 Å². The minimum absolute atomic E-state index is 0.0198. The van der Waals surface area contributed by atoms with Crippen molar-refractivity contribution >= 4 is 38.9 Å². The molecule has 0 unspecified atom stereocenters. The number of fused-ring (bicyclic) bond motifs is 1. The first-order chi connectivity index (χ1) is 12.1. The summed E-state index contributed by atoms with van der Waals surface area (Å²) in [6.07, 6.45) is 0. The number of hydrogen-bond acceptors (Lipinski definition) is 5. The molecule has 2 heterocycles. The molecule has 0 saturated heterocycles. The monoisotopic (exact) mass is 398 g/mol. The first-order valence-corrected chi connectivity index (χ1v) is 9.81. The van der Waals surface area contributed by atoms with Gasteiger partial charge in [-0.2, -0.15) is 5.10 Å².